The molecule has 20 nitrogen and oxygen atoms in total. The van der Waals surface area contributed by atoms with Crippen molar-refractivity contribution < 1.29 is 95.3 Å². The van der Waals surface area contributed by atoms with Crippen molar-refractivity contribution in [3.8, 4) is 0 Å². The Kier molecular flexibility index (Phi) is 17.3. The average molecular weight is 1010 g/mol. The van der Waals surface area contributed by atoms with Crippen LogP contribution in [0.4, 0.5) is 0 Å². The van der Waals surface area contributed by atoms with Crippen LogP contribution in [-0.2, 0) is 95.3 Å². The monoisotopic (exact) mass is 1010 g/mol. The topological polar surface area (TPSA) is 255 Å². The van der Waals surface area contributed by atoms with E-state index in [1.807, 2.05) is 0 Å². The first-order valence-corrected chi connectivity index (χ1v) is 25.0. The molecular weight excluding hydrogens is 945 g/mol. The van der Waals surface area contributed by atoms with Crippen LogP contribution >= 0.6 is 0 Å². The second-order valence-electron chi connectivity index (χ2n) is 21.3. The maximum atomic E-state index is 12.1. The molecule has 12 aliphatic rings. The lowest BCUT2D eigenvalue weighted by atomic mass is 9.65. The van der Waals surface area contributed by atoms with E-state index < -0.39 is 54.3 Å². The Bertz CT molecular complexity index is 2180. The highest BCUT2D eigenvalue weighted by molar-refractivity contribution is 5.89. The maximum absolute atomic E-state index is 12.1. The van der Waals surface area contributed by atoms with Crippen molar-refractivity contribution in [2.24, 2.45) is 35.5 Å². The van der Waals surface area contributed by atoms with E-state index in [0.717, 1.165) is 64.2 Å². The summed E-state index contributed by atoms with van der Waals surface area (Å²) < 4.78 is 58.4. The standard InChI is InChI=1S/C18H22O8.C18H24O7.C16H22O5/c1-10(2)16(21)24-8-14(19)23-9-15(20)26-18-5-11-3-12(6-18)17(22)25-13(4-11)7-18;1-11(2)16(20)23-4-3-22-15(19)10-24-18-7-12-5-13(8-18)17(21)25-14(6-12)9-18;1-10(2)14(17)19-3-4-20-16-7-11-5-12(8-16)15(18)21-13(6-11)9-16/h11-13H,1,3-9H2,2H3;12-14H,1,3-10H2,2H3;11-13H,1,3-9H2,2H3. The zero-order valence-corrected chi connectivity index (χ0v) is 41.5. The second kappa shape index (κ2) is 23.1. The van der Waals surface area contributed by atoms with Gasteiger partial charge in [0.1, 0.15) is 50.3 Å². The molecule has 0 spiro atoms. The highest BCUT2D eigenvalue weighted by atomic mass is 16.6. The van der Waals surface area contributed by atoms with Crippen molar-refractivity contribution >= 4 is 53.7 Å². The number of hydrogen-bond donors (Lipinski definition) is 0. The molecule has 6 aliphatic heterocycles. The van der Waals surface area contributed by atoms with Crippen LogP contribution < -0.4 is 0 Å². The zero-order chi connectivity index (χ0) is 52.0. The molecule has 0 aromatic heterocycles. The summed E-state index contributed by atoms with van der Waals surface area (Å²) in [4.78, 5) is 105. The summed E-state index contributed by atoms with van der Waals surface area (Å²) in [5.41, 5.74) is -0.609. The first kappa shape index (κ1) is 54.2. The molecule has 6 saturated carbocycles. The highest BCUT2D eigenvalue weighted by Gasteiger charge is 2.56. The number of esters is 9. The Morgan fingerprint density at radius 1 is 0.431 bits per heavy atom. The van der Waals surface area contributed by atoms with Gasteiger partial charge in [0.25, 0.3) is 0 Å². The van der Waals surface area contributed by atoms with Crippen LogP contribution in [0.25, 0.3) is 0 Å². The van der Waals surface area contributed by atoms with Gasteiger partial charge in [0, 0.05) is 42.4 Å². The SMILES string of the molecule is C=C(C)C(=O)OCC(=O)OCC(=O)OC12CC3CC(C1)OC(=O)C(C3)C2.C=C(C)C(=O)OCCOC(=O)COC12CC3CC(C1)OC(=O)C(C3)C2.C=C(C)C(=O)OCCOC12CC3CC(C1)OC(=O)C(C3)C2. The number of fused-ring (bicyclic) bond motifs is 3. The smallest absolute Gasteiger partial charge is 0.344 e. The van der Waals surface area contributed by atoms with Gasteiger partial charge >= 0.3 is 53.7 Å². The molecule has 12 bridgehead atoms. The lowest BCUT2D eigenvalue weighted by Crippen LogP contribution is -2.48. The molecule has 0 aromatic rings. The molecule has 12 fully saturated rings. The summed E-state index contributed by atoms with van der Waals surface area (Å²) >= 11 is 0. The van der Waals surface area contributed by atoms with E-state index in [2.05, 4.69) is 24.5 Å². The number of hydrogen-bond acceptors (Lipinski definition) is 20. The normalized spacial score (nSPS) is 33.5. The van der Waals surface area contributed by atoms with Gasteiger partial charge in [0.2, 0.25) is 0 Å². The minimum absolute atomic E-state index is 0.00159. The lowest BCUT2D eigenvalue weighted by Gasteiger charge is -2.46. The third-order valence-electron chi connectivity index (χ3n) is 15.0. The van der Waals surface area contributed by atoms with Gasteiger partial charge in [-0.1, -0.05) is 19.7 Å². The molecule has 6 aliphatic carbocycles. The van der Waals surface area contributed by atoms with Gasteiger partial charge in [-0.05, 0) is 109 Å². The van der Waals surface area contributed by atoms with Crippen LogP contribution in [0.15, 0.2) is 36.5 Å². The summed E-state index contributed by atoms with van der Waals surface area (Å²) in [6.07, 6.45) is 11.2. The number of carbonyl (C=O) groups excluding carboxylic acids is 9. The number of carbonyl (C=O) groups is 9. The van der Waals surface area contributed by atoms with Crippen molar-refractivity contribution in [2.45, 2.75) is 152 Å². The van der Waals surface area contributed by atoms with Gasteiger partial charge in [0.05, 0.1) is 35.6 Å². The summed E-state index contributed by atoms with van der Waals surface area (Å²) in [5, 5.41) is 0. The Hall–Kier alpha value is -5.63. The fourth-order valence-corrected chi connectivity index (χ4v) is 12.5. The van der Waals surface area contributed by atoms with Crippen LogP contribution in [0.2, 0.25) is 0 Å². The van der Waals surface area contributed by atoms with E-state index in [1.165, 1.54) is 6.92 Å². The molecule has 20 heteroatoms. The van der Waals surface area contributed by atoms with E-state index in [4.69, 9.17) is 47.4 Å². The Labute approximate surface area is 418 Å². The molecule has 0 amide bonds. The zero-order valence-electron chi connectivity index (χ0n) is 41.5. The molecule has 0 aromatic carbocycles. The maximum Gasteiger partial charge on any atom is 0.344 e. The van der Waals surface area contributed by atoms with E-state index in [0.29, 0.717) is 67.6 Å². The first-order valence-electron chi connectivity index (χ1n) is 25.0. The Morgan fingerprint density at radius 3 is 1.29 bits per heavy atom. The fourth-order valence-electron chi connectivity index (χ4n) is 12.5. The predicted octanol–water partition coefficient (Wildman–Crippen LogP) is 4.60. The molecule has 396 valence electrons. The predicted molar refractivity (Wildman–Crippen MR) is 245 cm³/mol. The van der Waals surface area contributed by atoms with Crippen molar-refractivity contribution in [1.29, 1.82) is 0 Å². The van der Waals surface area contributed by atoms with E-state index in [-0.39, 0.29) is 97.5 Å². The van der Waals surface area contributed by atoms with E-state index in [1.54, 1.807) is 13.8 Å². The minimum Gasteiger partial charge on any atom is -0.462 e. The molecule has 0 radical (unpaired) electrons. The molecule has 0 N–H and O–H groups in total. The fraction of sp³-hybridized carbons (Fsp3) is 0.712. The molecule has 12 unspecified atom stereocenters. The Morgan fingerprint density at radius 2 is 0.806 bits per heavy atom. The Balaban J connectivity index is 0.000000159. The molecule has 12 rings (SSSR count). The van der Waals surface area contributed by atoms with E-state index >= 15 is 0 Å². The van der Waals surface area contributed by atoms with Crippen LogP contribution in [0.5, 0.6) is 0 Å². The number of ether oxygens (including phenoxy) is 11. The van der Waals surface area contributed by atoms with Crippen LogP contribution in [-0.4, -0.2) is 135 Å². The van der Waals surface area contributed by atoms with Crippen molar-refractivity contribution in [2.75, 3.05) is 46.2 Å². The van der Waals surface area contributed by atoms with Gasteiger partial charge in [-0.2, -0.15) is 0 Å². The van der Waals surface area contributed by atoms with Gasteiger partial charge in [0.15, 0.2) is 13.2 Å². The third-order valence-corrected chi connectivity index (χ3v) is 15.0. The molecule has 72 heavy (non-hydrogen) atoms. The summed E-state index contributed by atoms with van der Waals surface area (Å²) in [6.45, 7) is 14.2. The average Bonchev–Trinajstić information content (AvgIpc) is 3.67. The quantitative estimate of drug-likeness (QED) is 0.0786. The van der Waals surface area contributed by atoms with Gasteiger partial charge in [-0.15, -0.1) is 0 Å². The van der Waals surface area contributed by atoms with Crippen molar-refractivity contribution in [3.05, 3.63) is 36.5 Å². The molecule has 6 heterocycles. The second-order valence-corrected chi connectivity index (χ2v) is 21.3. The minimum atomic E-state index is -0.849. The third kappa shape index (κ3) is 14.1. The van der Waals surface area contributed by atoms with Crippen LogP contribution in [0.1, 0.15) is 117 Å². The van der Waals surface area contributed by atoms with Crippen LogP contribution in [0.3, 0.4) is 0 Å². The summed E-state index contributed by atoms with van der Waals surface area (Å²) in [6, 6.07) is 0. The summed E-state index contributed by atoms with van der Waals surface area (Å²) in [7, 11) is 0. The summed E-state index contributed by atoms with van der Waals surface area (Å²) in [5.74, 6) is -3.17. The highest BCUT2D eigenvalue weighted by Crippen LogP contribution is 2.53. The van der Waals surface area contributed by atoms with Gasteiger partial charge < -0.3 is 52.1 Å². The largest absolute Gasteiger partial charge is 0.462 e. The lowest BCUT2D eigenvalue weighted by molar-refractivity contribution is -0.182. The van der Waals surface area contributed by atoms with Gasteiger partial charge in [-0.25, -0.2) is 28.8 Å². The van der Waals surface area contributed by atoms with Gasteiger partial charge in [-0.3, -0.25) is 14.4 Å². The van der Waals surface area contributed by atoms with Crippen molar-refractivity contribution in [3.63, 3.8) is 0 Å². The first-order chi connectivity index (χ1) is 34.1. The van der Waals surface area contributed by atoms with Crippen molar-refractivity contribution in [1.82, 2.24) is 0 Å². The number of rotatable bonds is 18. The van der Waals surface area contributed by atoms with Crippen LogP contribution in [0, 0.1) is 35.5 Å². The molecule has 6 saturated heterocycles. The van der Waals surface area contributed by atoms with E-state index in [9.17, 15) is 43.2 Å². The molecular formula is C52H68O20. The molecule has 12 atom stereocenters.